The summed E-state index contributed by atoms with van der Waals surface area (Å²) in [5, 5.41) is 20.4. The van der Waals surface area contributed by atoms with Crippen LogP contribution in [0, 0.1) is 12.8 Å². The number of pyridine rings is 1. The third-order valence-corrected chi connectivity index (χ3v) is 5.61. The number of carboxylic acid groups (broad SMARTS) is 1. The van der Waals surface area contributed by atoms with Crippen molar-refractivity contribution < 1.29 is 15.0 Å². The number of aryl methyl sites for hydroxylation is 1. The monoisotopic (exact) mass is 364 g/mol. The molecule has 0 aliphatic heterocycles. The minimum Gasteiger partial charge on any atom is -0.508 e. The zero-order chi connectivity index (χ0) is 19.3. The molecule has 1 saturated carbocycles. The van der Waals surface area contributed by atoms with Crippen LogP contribution >= 0.6 is 0 Å². The van der Waals surface area contributed by atoms with E-state index in [0.29, 0.717) is 12.8 Å². The maximum Gasteiger partial charge on any atom is 0.306 e. The maximum absolute atomic E-state index is 11.3. The third kappa shape index (κ3) is 2.87. The van der Waals surface area contributed by atoms with Crippen LogP contribution in [0.15, 0.2) is 36.5 Å². The molecule has 1 fully saturated rings. The molecule has 1 aliphatic carbocycles. The highest BCUT2D eigenvalue weighted by atomic mass is 16.4. The van der Waals surface area contributed by atoms with Crippen LogP contribution in [0.4, 0.5) is 0 Å². The summed E-state index contributed by atoms with van der Waals surface area (Å²) in [5.41, 5.74) is 5.40. The molecular formula is C22H24N2O3. The van der Waals surface area contributed by atoms with Crippen molar-refractivity contribution in [2.75, 3.05) is 0 Å². The number of nitrogens with zero attached hydrogens (tertiary/aromatic N) is 2. The fraction of sp³-hybridized carbons (Fsp3) is 0.364. The zero-order valence-corrected chi connectivity index (χ0v) is 15.8. The molecule has 3 aromatic rings. The van der Waals surface area contributed by atoms with Crippen LogP contribution in [-0.4, -0.2) is 25.7 Å². The summed E-state index contributed by atoms with van der Waals surface area (Å²) >= 11 is 0. The first-order valence-corrected chi connectivity index (χ1v) is 9.40. The number of hydrogen-bond acceptors (Lipinski definition) is 3. The average molecular weight is 364 g/mol. The Hall–Kier alpha value is -2.82. The molecule has 1 aliphatic rings. The molecule has 27 heavy (non-hydrogen) atoms. The first-order valence-electron chi connectivity index (χ1n) is 9.40. The number of phenols is 1. The topological polar surface area (TPSA) is 75.4 Å². The molecule has 0 amide bonds. The number of aromatic hydroxyl groups is 1. The van der Waals surface area contributed by atoms with Crippen molar-refractivity contribution in [3.05, 3.63) is 53.5 Å². The third-order valence-electron chi connectivity index (χ3n) is 5.61. The van der Waals surface area contributed by atoms with Crippen molar-refractivity contribution in [2.24, 2.45) is 5.92 Å². The molecule has 0 bridgehead atoms. The van der Waals surface area contributed by atoms with Gasteiger partial charge in [-0.3, -0.25) is 9.78 Å². The van der Waals surface area contributed by atoms with Gasteiger partial charge in [-0.25, -0.2) is 0 Å². The predicted octanol–water partition coefficient (Wildman–Crippen LogP) is 4.74. The number of aliphatic carboxylic acids is 1. The summed E-state index contributed by atoms with van der Waals surface area (Å²) in [6.07, 6.45) is 3.11. The van der Waals surface area contributed by atoms with Crippen LogP contribution in [0.1, 0.15) is 55.5 Å². The fourth-order valence-corrected chi connectivity index (χ4v) is 4.32. The number of rotatable bonds is 4. The number of benzene rings is 1. The van der Waals surface area contributed by atoms with Crippen LogP contribution in [0.5, 0.6) is 5.75 Å². The highest BCUT2D eigenvalue weighted by Gasteiger charge is 2.39. The number of aromatic nitrogens is 2. The largest absolute Gasteiger partial charge is 0.508 e. The lowest BCUT2D eigenvalue weighted by Crippen LogP contribution is -2.29. The molecule has 5 heteroatoms. The van der Waals surface area contributed by atoms with Crippen LogP contribution in [0.3, 0.4) is 0 Å². The lowest BCUT2D eigenvalue weighted by atomic mass is 9.70. The number of fused-ring (bicyclic) bond motifs is 1. The summed E-state index contributed by atoms with van der Waals surface area (Å²) < 4.78 is 2.25. The maximum atomic E-state index is 11.3. The van der Waals surface area contributed by atoms with Crippen molar-refractivity contribution >= 4 is 16.9 Å². The van der Waals surface area contributed by atoms with E-state index in [1.54, 1.807) is 6.07 Å². The van der Waals surface area contributed by atoms with Crippen LogP contribution in [0.25, 0.3) is 16.6 Å². The van der Waals surface area contributed by atoms with E-state index in [0.717, 1.165) is 22.3 Å². The van der Waals surface area contributed by atoms with Gasteiger partial charge >= 0.3 is 5.97 Å². The molecule has 4 rings (SSSR count). The summed E-state index contributed by atoms with van der Waals surface area (Å²) in [5.74, 6) is -0.289. The second-order valence-electron chi connectivity index (χ2n) is 7.85. The minimum absolute atomic E-state index is 0.206. The Morgan fingerprint density at radius 2 is 1.96 bits per heavy atom. The Morgan fingerprint density at radius 3 is 2.59 bits per heavy atom. The zero-order valence-electron chi connectivity index (χ0n) is 15.8. The van der Waals surface area contributed by atoms with Crippen molar-refractivity contribution in [1.29, 1.82) is 0 Å². The summed E-state index contributed by atoms with van der Waals surface area (Å²) in [6.45, 7) is 6.30. The van der Waals surface area contributed by atoms with Crippen molar-refractivity contribution in [2.45, 2.75) is 45.4 Å². The van der Waals surface area contributed by atoms with E-state index in [9.17, 15) is 15.0 Å². The lowest BCUT2D eigenvalue weighted by molar-refractivity contribution is -0.145. The molecule has 0 spiro atoms. The number of carbonyl (C=O) groups is 1. The standard InChI is InChI=1S/C22H24N2O3/c1-12(2)21-20(14-9-15(10-14)22(26)27)18-11-17(25)4-5-19(18)24(21)16-6-7-23-13(3)8-16/h4-8,11-12,14-15,25H,9-10H2,1-3H3,(H,26,27)/t14-,15+. The van der Waals surface area contributed by atoms with E-state index in [1.165, 1.54) is 11.3 Å². The second kappa shape index (κ2) is 6.41. The lowest BCUT2D eigenvalue weighted by Gasteiger charge is -2.34. The summed E-state index contributed by atoms with van der Waals surface area (Å²) in [6, 6.07) is 9.53. The SMILES string of the molecule is Cc1cc(-n2c(C(C)C)c([C@H]3C[C@@H](C(=O)O)C3)c3cc(O)ccc32)ccn1. The van der Waals surface area contributed by atoms with E-state index in [2.05, 4.69) is 29.5 Å². The van der Waals surface area contributed by atoms with Crippen molar-refractivity contribution in [3.8, 4) is 11.4 Å². The van der Waals surface area contributed by atoms with Crippen molar-refractivity contribution in [1.82, 2.24) is 9.55 Å². The first kappa shape index (κ1) is 17.6. The summed E-state index contributed by atoms with van der Waals surface area (Å²) in [7, 11) is 0. The molecule has 2 heterocycles. The minimum atomic E-state index is -0.714. The van der Waals surface area contributed by atoms with E-state index >= 15 is 0 Å². The number of hydrogen-bond donors (Lipinski definition) is 2. The normalized spacial score (nSPS) is 19.4. The van der Waals surface area contributed by atoms with Crippen LogP contribution in [-0.2, 0) is 4.79 Å². The van der Waals surface area contributed by atoms with Gasteiger partial charge in [0, 0.05) is 28.7 Å². The van der Waals surface area contributed by atoms with Gasteiger partial charge in [-0.1, -0.05) is 13.8 Å². The Morgan fingerprint density at radius 1 is 1.22 bits per heavy atom. The smallest absolute Gasteiger partial charge is 0.306 e. The molecule has 2 N–H and O–H groups in total. The van der Waals surface area contributed by atoms with E-state index in [-0.39, 0.29) is 23.5 Å². The van der Waals surface area contributed by atoms with Gasteiger partial charge in [-0.2, -0.15) is 0 Å². The van der Waals surface area contributed by atoms with Crippen molar-refractivity contribution in [3.63, 3.8) is 0 Å². The molecule has 0 atom stereocenters. The Balaban J connectivity index is 1.98. The summed E-state index contributed by atoms with van der Waals surface area (Å²) in [4.78, 5) is 15.6. The quantitative estimate of drug-likeness (QED) is 0.701. The predicted molar refractivity (Wildman–Crippen MR) is 105 cm³/mol. The molecule has 0 radical (unpaired) electrons. The van der Waals surface area contributed by atoms with Gasteiger partial charge < -0.3 is 14.8 Å². The fourth-order valence-electron chi connectivity index (χ4n) is 4.32. The second-order valence-corrected chi connectivity index (χ2v) is 7.85. The Labute approximate surface area is 158 Å². The first-order chi connectivity index (χ1) is 12.9. The van der Waals surface area contributed by atoms with Gasteiger partial charge in [-0.05, 0) is 67.5 Å². The molecule has 1 aromatic carbocycles. The molecular weight excluding hydrogens is 340 g/mol. The van der Waals surface area contributed by atoms with Gasteiger partial charge in [0.2, 0.25) is 0 Å². The molecule has 0 saturated heterocycles. The molecule has 5 nitrogen and oxygen atoms in total. The Bertz CT molecular complexity index is 1030. The highest BCUT2D eigenvalue weighted by Crippen LogP contribution is 2.49. The van der Waals surface area contributed by atoms with Gasteiger partial charge in [0.15, 0.2) is 0 Å². The van der Waals surface area contributed by atoms with E-state index in [1.807, 2.05) is 31.3 Å². The number of phenolic OH excluding ortho intramolecular Hbond substituents is 1. The van der Waals surface area contributed by atoms with Crippen LogP contribution < -0.4 is 0 Å². The van der Waals surface area contributed by atoms with Gasteiger partial charge in [0.05, 0.1) is 11.4 Å². The highest BCUT2D eigenvalue weighted by molar-refractivity contribution is 5.90. The Kier molecular flexibility index (Phi) is 4.17. The number of carboxylic acids is 1. The molecule has 2 aromatic heterocycles. The average Bonchev–Trinajstić information content (AvgIpc) is 2.88. The van der Waals surface area contributed by atoms with Crippen LogP contribution in [0.2, 0.25) is 0 Å². The van der Waals surface area contributed by atoms with Gasteiger partial charge in [-0.15, -0.1) is 0 Å². The van der Waals surface area contributed by atoms with E-state index < -0.39 is 5.97 Å². The van der Waals surface area contributed by atoms with Gasteiger partial charge in [0.1, 0.15) is 5.75 Å². The molecule has 140 valence electrons. The van der Waals surface area contributed by atoms with E-state index in [4.69, 9.17) is 0 Å². The molecule has 0 unspecified atom stereocenters. The van der Waals surface area contributed by atoms with Gasteiger partial charge in [0.25, 0.3) is 0 Å².